The maximum atomic E-state index is 13.5. The maximum absolute atomic E-state index is 13.5. The van der Waals surface area contributed by atoms with Crippen molar-refractivity contribution in [2.24, 2.45) is 0 Å². The minimum absolute atomic E-state index is 0.325. The van der Waals surface area contributed by atoms with Crippen LogP contribution in [0, 0.1) is 17.1 Å². The molecule has 0 atom stereocenters. The number of fused-ring (bicyclic) bond motifs is 1. The molecule has 108 valence electrons. The standard InChI is InChI=1S/C18H13FN2O/c1-2-22-18-14-10-13(19)8-9-16(14)21-17(15(18)11-20)12-6-4-3-5-7-12/h3-10H,2H2,1H3. The molecule has 0 radical (unpaired) electrons. The fraction of sp³-hybridized carbons (Fsp3) is 0.111. The normalized spacial score (nSPS) is 10.4. The number of nitrogens with zero attached hydrogens (tertiary/aromatic N) is 2. The van der Waals surface area contributed by atoms with Gasteiger partial charge in [-0.1, -0.05) is 30.3 Å². The number of hydrogen-bond donors (Lipinski definition) is 0. The Bertz CT molecular complexity index is 870. The van der Waals surface area contributed by atoms with E-state index in [1.807, 2.05) is 37.3 Å². The van der Waals surface area contributed by atoms with E-state index < -0.39 is 0 Å². The van der Waals surface area contributed by atoms with Crippen molar-refractivity contribution in [3.8, 4) is 23.1 Å². The lowest BCUT2D eigenvalue weighted by Crippen LogP contribution is -2.00. The van der Waals surface area contributed by atoms with E-state index in [-0.39, 0.29) is 5.82 Å². The van der Waals surface area contributed by atoms with E-state index in [2.05, 4.69) is 11.1 Å². The van der Waals surface area contributed by atoms with Crippen LogP contribution in [0.3, 0.4) is 0 Å². The molecular formula is C18H13FN2O. The number of benzene rings is 2. The molecule has 0 saturated heterocycles. The summed E-state index contributed by atoms with van der Waals surface area (Å²) in [5.74, 6) is -0.0000398. The Morgan fingerprint density at radius 2 is 1.95 bits per heavy atom. The van der Waals surface area contributed by atoms with Crippen LogP contribution in [0.5, 0.6) is 5.75 Å². The van der Waals surface area contributed by atoms with E-state index >= 15 is 0 Å². The van der Waals surface area contributed by atoms with Gasteiger partial charge in [0, 0.05) is 10.9 Å². The second-order valence-electron chi connectivity index (χ2n) is 4.74. The molecule has 1 heterocycles. The van der Waals surface area contributed by atoms with Crippen LogP contribution in [0.2, 0.25) is 0 Å². The zero-order valence-corrected chi connectivity index (χ0v) is 12.0. The number of pyridine rings is 1. The summed E-state index contributed by atoms with van der Waals surface area (Å²) in [4.78, 5) is 4.53. The molecule has 22 heavy (non-hydrogen) atoms. The summed E-state index contributed by atoms with van der Waals surface area (Å²) in [6, 6.07) is 15.9. The summed E-state index contributed by atoms with van der Waals surface area (Å²) in [5.41, 5.74) is 2.30. The summed E-state index contributed by atoms with van der Waals surface area (Å²) in [7, 11) is 0. The topological polar surface area (TPSA) is 45.9 Å². The largest absolute Gasteiger partial charge is 0.492 e. The van der Waals surface area contributed by atoms with Crippen LogP contribution in [0.25, 0.3) is 22.2 Å². The molecule has 0 unspecified atom stereocenters. The molecule has 0 aliphatic carbocycles. The van der Waals surface area contributed by atoms with Crippen molar-refractivity contribution in [2.75, 3.05) is 6.61 Å². The molecule has 0 bridgehead atoms. The Hall–Kier alpha value is -2.93. The van der Waals surface area contributed by atoms with Gasteiger partial charge in [0.1, 0.15) is 23.2 Å². The van der Waals surface area contributed by atoms with Gasteiger partial charge in [-0.2, -0.15) is 5.26 Å². The lowest BCUT2D eigenvalue weighted by atomic mass is 10.0. The Balaban J connectivity index is 2.39. The highest BCUT2D eigenvalue weighted by molar-refractivity contribution is 5.91. The van der Waals surface area contributed by atoms with Crippen molar-refractivity contribution in [2.45, 2.75) is 6.92 Å². The van der Waals surface area contributed by atoms with E-state index in [0.717, 1.165) is 5.56 Å². The van der Waals surface area contributed by atoms with Gasteiger partial charge in [-0.3, -0.25) is 0 Å². The van der Waals surface area contributed by atoms with Crippen LogP contribution in [-0.4, -0.2) is 11.6 Å². The summed E-state index contributed by atoms with van der Waals surface area (Å²) >= 11 is 0. The summed E-state index contributed by atoms with van der Waals surface area (Å²) < 4.78 is 19.2. The second kappa shape index (κ2) is 5.82. The molecule has 3 rings (SSSR count). The zero-order valence-electron chi connectivity index (χ0n) is 12.0. The van der Waals surface area contributed by atoms with Gasteiger partial charge in [0.15, 0.2) is 0 Å². The highest BCUT2D eigenvalue weighted by Gasteiger charge is 2.17. The predicted octanol–water partition coefficient (Wildman–Crippen LogP) is 4.31. The van der Waals surface area contributed by atoms with Crippen molar-refractivity contribution in [1.82, 2.24) is 4.98 Å². The maximum Gasteiger partial charge on any atom is 0.148 e. The minimum Gasteiger partial charge on any atom is -0.492 e. The average Bonchev–Trinajstić information content (AvgIpc) is 2.56. The van der Waals surface area contributed by atoms with Gasteiger partial charge >= 0.3 is 0 Å². The van der Waals surface area contributed by atoms with E-state index in [1.54, 1.807) is 6.07 Å². The molecular weight excluding hydrogens is 279 g/mol. The molecule has 3 nitrogen and oxygen atoms in total. The highest BCUT2D eigenvalue weighted by Crippen LogP contribution is 2.35. The molecule has 0 spiro atoms. The summed E-state index contributed by atoms with van der Waals surface area (Å²) in [6.45, 7) is 2.22. The number of rotatable bonds is 3. The minimum atomic E-state index is -0.383. The fourth-order valence-electron chi connectivity index (χ4n) is 2.41. The third-order valence-electron chi connectivity index (χ3n) is 3.35. The molecule has 0 aliphatic rings. The first-order chi connectivity index (χ1) is 10.7. The van der Waals surface area contributed by atoms with Crippen molar-refractivity contribution in [1.29, 1.82) is 5.26 Å². The molecule has 0 N–H and O–H groups in total. The number of hydrogen-bond acceptors (Lipinski definition) is 3. The van der Waals surface area contributed by atoms with Crippen LogP contribution in [0.4, 0.5) is 4.39 Å². The van der Waals surface area contributed by atoms with Gasteiger partial charge in [-0.05, 0) is 25.1 Å². The van der Waals surface area contributed by atoms with E-state index in [1.165, 1.54) is 12.1 Å². The lowest BCUT2D eigenvalue weighted by molar-refractivity contribution is 0.343. The first-order valence-electron chi connectivity index (χ1n) is 6.96. The number of ether oxygens (including phenoxy) is 1. The van der Waals surface area contributed by atoms with Crippen molar-refractivity contribution < 1.29 is 9.13 Å². The van der Waals surface area contributed by atoms with Gasteiger partial charge in [-0.25, -0.2) is 9.37 Å². The monoisotopic (exact) mass is 292 g/mol. The molecule has 2 aromatic carbocycles. The number of halogens is 1. The van der Waals surface area contributed by atoms with E-state index in [0.29, 0.717) is 34.5 Å². The molecule has 0 fully saturated rings. The Labute approximate surface area is 127 Å². The third kappa shape index (κ3) is 2.38. The zero-order chi connectivity index (χ0) is 15.5. The van der Waals surface area contributed by atoms with Crippen LogP contribution in [0.1, 0.15) is 12.5 Å². The van der Waals surface area contributed by atoms with Crippen LogP contribution in [0.15, 0.2) is 48.5 Å². The van der Waals surface area contributed by atoms with Crippen molar-refractivity contribution in [3.63, 3.8) is 0 Å². The van der Waals surface area contributed by atoms with E-state index in [9.17, 15) is 9.65 Å². The van der Waals surface area contributed by atoms with E-state index in [4.69, 9.17) is 4.74 Å². The highest BCUT2D eigenvalue weighted by atomic mass is 19.1. The summed E-state index contributed by atoms with van der Waals surface area (Å²) in [5, 5.41) is 10.1. The number of nitriles is 1. The Morgan fingerprint density at radius 3 is 2.64 bits per heavy atom. The first kappa shape index (κ1) is 14.0. The van der Waals surface area contributed by atoms with Crippen molar-refractivity contribution >= 4 is 10.9 Å². The molecule has 4 heteroatoms. The van der Waals surface area contributed by atoms with Gasteiger partial charge in [0.25, 0.3) is 0 Å². The molecule has 1 aromatic heterocycles. The van der Waals surface area contributed by atoms with Crippen LogP contribution in [-0.2, 0) is 0 Å². The smallest absolute Gasteiger partial charge is 0.148 e. The van der Waals surface area contributed by atoms with Gasteiger partial charge < -0.3 is 4.74 Å². The van der Waals surface area contributed by atoms with Crippen LogP contribution < -0.4 is 4.74 Å². The molecule has 0 amide bonds. The lowest BCUT2D eigenvalue weighted by Gasteiger charge is -2.13. The Kier molecular flexibility index (Phi) is 3.71. The van der Waals surface area contributed by atoms with Gasteiger partial charge in [0.05, 0.1) is 17.8 Å². The molecule has 3 aromatic rings. The fourth-order valence-corrected chi connectivity index (χ4v) is 2.41. The summed E-state index contributed by atoms with van der Waals surface area (Å²) in [6.07, 6.45) is 0. The molecule has 0 saturated carbocycles. The predicted molar refractivity (Wildman–Crippen MR) is 83.0 cm³/mol. The van der Waals surface area contributed by atoms with Gasteiger partial charge in [0.2, 0.25) is 0 Å². The van der Waals surface area contributed by atoms with Crippen molar-refractivity contribution in [3.05, 3.63) is 59.9 Å². The number of aromatic nitrogens is 1. The van der Waals surface area contributed by atoms with Crippen LogP contribution >= 0.6 is 0 Å². The second-order valence-corrected chi connectivity index (χ2v) is 4.74. The Morgan fingerprint density at radius 1 is 1.18 bits per heavy atom. The average molecular weight is 292 g/mol. The van der Waals surface area contributed by atoms with Gasteiger partial charge in [-0.15, -0.1) is 0 Å². The SMILES string of the molecule is CCOc1c(C#N)c(-c2ccccc2)nc2ccc(F)cc12. The third-order valence-corrected chi connectivity index (χ3v) is 3.35. The quantitative estimate of drug-likeness (QED) is 0.722. The molecule has 0 aliphatic heterocycles. The first-order valence-corrected chi connectivity index (χ1v) is 6.96.